The molecule has 2 aliphatic rings. The number of aryl methyl sites for hydroxylation is 2. The maximum Gasteiger partial charge on any atom is 0.217 e. The maximum absolute atomic E-state index is 12.2. The van der Waals surface area contributed by atoms with Gasteiger partial charge in [-0.1, -0.05) is 23.8 Å². The number of benzene rings is 1. The van der Waals surface area contributed by atoms with Crippen LogP contribution in [0.3, 0.4) is 0 Å². The molecule has 0 amide bonds. The van der Waals surface area contributed by atoms with Crippen LogP contribution >= 0.6 is 0 Å². The van der Waals surface area contributed by atoms with Crippen molar-refractivity contribution in [3.8, 4) is 0 Å². The van der Waals surface area contributed by atoms with Crippen LogP contribution in [0.25, 0.3) is 0 Å². The summed E-state index contributed by atoms with van der Waals surface area (Å²) in [4.78, 5) is 2.36. The zero-order chi connectivity index (χ0) is 15.0. The van der Waals surface area contributed by atoms with Crippen LogP contribution in [-0.2, 0) is 16.6 Å². The first-order valence-corrected chi connectivity index (χ1v) is 9.24. The van der Waals surface area contributed by atoms with Crippen molar-refractivity contribution >= 4 is 10.0 Å². The predicted molar refractivity (Wildman–Crippen MR) is 84.7 cm³/mol. The Hall–Kier alpha value is -0.910. The SMILES string of the molecule is Cc1ccc(C)c(CN2CCN(S(=O)(=O)C3CC3)CC2)c1. The van der Waals surface area contributed by atoms with E-state index in [4.69, 9.17) is 0 Å². The van der Waals surface area contributed by atoms with Gasteiger partial charge in [0, 0.05) is 32.7 Å². The molecule has 116 valence electrons. The van der Waals surface area contributed by atoms with E-state index in [1.54, 1.807) is 4.31 Å². The smallest absolute Gasteiger partial charge is 0.217 e. The summed E-state index contributed by atoms with van der Waals surface area (Å²) in [5.41, 5.74) is 3.95. The molecule has 0 atom stereocenters. The summed E-state index contributed by atoms with van der Waals surface area (Å²) in [5, 5.41) is -0.0805. The van der Waals surface area contributed by atoms with Gasteiger partial charge >= 0.3 is 0 Å². The van der Waals surface area contributed by atoms with E-state index in [0.717, 1.165) is 32.5 Å². The Morgan fingerprint density at radius 2 is 1.76 bits per heavy atom. The average molecular weight is 308 g/mol. The first-order chi connectivity index (χ1) is 9.96. The molecule has 1 saturated heterocycles. The first kappa shape index (κ1) is 15.0. The van der Waals surface area contributed by atoms with Crippen molar-refractivity contribution in [2.75, 3.05) is 26.2 Å². The van der Waals surface area contributed by atoms with Gasteiger partial charge in [0.25, 0.3) is 0 Å². The second-order valence-corrected chi connectivity index (χ2v) is 8.56. The third-order valence-corrected chi connectivity index (χ3v) is 6.93. The van der Waals surface area contributed by atoms with Gasteiger partial charge in [-0.3, -0.25) is 4.90 Å². The van der Waals surface area contributed by atoms with Crippen molar-refractivity contribution in [3.63, 3.8) is 0 Å². The molecule has 0 unspecified atom stereocenters. The largest absolute Gasteiger partial charge is 0.296 e. The normalized spacial score (nSPS) is 21.6. The van der Waals surface area contributed by atoms with Gasteiger partial charge < -0.3 is 0 Å². The van der Waals surface area contributed by atoms with E-state index in [-0.39, 0.29) is 5.25 Å². The summed E-state index contributed by atoms with van der Waals surface area (Å²) in [6.45, 7) is 8.13. The lowest BCUT2D eigenvalue weighted by Gasteiger charge is -2.34. The number of nitrogens with zero attached hydrogens (tertiary/aromatic N) is 2. The first-order valence-electron chi connectivity index (χ1n) is 7.74. The second-order valence-electron chi connectivity index (χ2n) is 6.35. The van der Waals surface area contributed by atoms with Crippen LogP contribution in [-0.4, -0.2) is 49.1 Å². The van der Waals surface area contributed by atoms with E-state index in [2.05, 4.69) is 36.9 Å². The van der Waals surface area contributed by atoms with Crippen LogP contribution in [0.15, 0.2) is 18.2 Å². The minimum atomic E-state index is -2.99. The standard InChI is InChI=1S/C16H24N2O2S/c1-13-3-4-14(2)15(11-13)12-17-7-9-18(10-8-17)21(19,20)16-5-6-16/h3-4,11,16H,5-10,12H2,1-2H3. The van der Waals surface area contributed by atoms with Crippen LogP contribution in [0.5, 0.6) is 0 Å². The summed E-state index contributed by atoms with van der Waals surface area (Å²) in [6.07, 6.45) is 1.70. The molecule has 0 N–H and O–H groups in total. The van der Waals surface area contributed by atoms with Gasteiger partial charge in [0.05, 0.1) is 5.25 Å². The number of rotatable bonds is 4. The fourth-order valence-corrected chi connectivity index (χ4v) is 4.76. The van der Waals surface area contributed by atoms with Gasteiger partial charge in [-0.25, -0.2) is 8.42 Å². The van der Waals surface area contributed by atoms with E-state index in [9.17, 15) is 8.42 Å². The Labute approximate surface area is 127 Å². The monoisotopic (exact) mass is 308 g/mol. The molecule has 1 aromatic rings. The maximum atomic E-state index is 12.2. The molecule has 1 saturated carbocycles. The van der Waals surface area contributed by atoms with Crippen molar-refractivity contribution in [1.29, 1.82) is 0 Å². The molecule has 1 aliphatic carbocycles. The Morgan fingerprint density at radius 3 is 2.38 bits per heavy atom. The second kappa shape index (κ2) is 5.71. The van der Waals surface area contributed by atoms with E-state index >= 15 is 0 Å². The van der Waals surface area contributed by atoms with Crippen molar-refractivity contribution < 1.29 is 8.42 Å². The molecule has 1 aromatic carbocycles. The number of hydrogen-bond donors (Lipinski definition) is 0. The molecule has 0 bridgehead atoms. The average Bonchev–Trinajstić information content (AvgIpc) is 3.28. The van der Waals surface area contributed by atoms with Gasteiger partial charge in [0.15, 0.2) is 0 Å². The molecule has 0 spiro atoms. The third-order valence-electron chi connectivity index (χ3n) is 4.54. The minimum absolute atomic E-state index is 0.0805. The van der Waals surface area contributed by atoms with E-state index < -0.39 is 10.0 Å². The topological polar surface area (TPSA) is 40.6 Å². The number of piperazine rings is 1. The summed E-state index contributed by atoms with van der Waals surface area (Å²) in [5.74, 6) is 0. The van der Waals surface area contributed by atoms with Crippen molar-refractivity contribution in [2.24, 2.45) is 0 Å². The fourth-order valence-electron chi connectivity index (χ4n) is 2.93. The molecule has 3 rings (SSSR count). The highest BCUT2D eigenvalue weighted by molar-refractivity contribution is 7.90. The third kappa shape index (κ3) is 3.30. The highest BCUT2D eigenvalue weighted by atomic mass is 32.2. The lowest BCUT2D eigenvalue weighted by atomic mass is 10.1. The Kier molecular flexibility index (Phi) is 4.08. The van der Waals surface area contributed by atoms with Crippen molar-refractivity contribution in [3.05, 3.63) is 34.9 Å². The van der Waals surface area contributed by atoms with Gasteiger partial charge in [-0.05, 0) is 37.8 Å². The van der Waals surface area contributed by atoms with Crippen molar-refractivity contribution in [1.82, 2.24) is 9.21 Å². The van der Waals surface area contributed by atoms with E-state index in [1.165, 1.54) is 16.7 Å². The molecule has 21 heavy (non-hydrogen) atoms. The fraction of sp³-hybridized carbons (Fsp3) is 0.625. The molecule has 0 radical (unpaired) electrons. The molecule has 1 aliphatic heterocycles. The van der Waals surface area contributed by atoms with Gasteiger partial charge in [0.2, 0.25) is 10.0 Å². The van der Waals surface area contributed by atoms with E-state index in [1.807, 2.05) is 0 Å². The summed E-state index contributed by atoms with van der Waals surface area (Å²) in [6, 6.07) is 6.54. The zero-order valence-electron chi connectivity index (χ0n) is 12.9. The Morgan fingerprint density at radius 1 is 1.10 bits per heavy atom. The van der Waals surface area contributed by atoms with Crippen LogP contribution in [0.4, 0.5) is 0 Å². The van der Waals surface area contributed by atoms with Crippen LogP contribution < -0.4 is 0 Å². The number of hydrogen-bond acceptors (Lipinski definition) is 3. The number of sulfonamides is 1. The van der Waals surface area contributed by atoms with Gasteiger partial charge in [-0.15, -0.1) is 0 Å². The summed E-state index contributed by atoms with van der Waals surface area (Å²) >= 11 is 0. The van der Waals surface area contributed by atoms with Crippen molar-refractivity contribution in [2.45, 2.75) is 38.5 Å². The highest BCUT2D eigenvalue weighted by Gasteiger charge is 2.40. The summed E-state index contributed by atoms with van der Waals surface area (Å²) in [7, 11) is -2.99. The predicted octanol–water partition coefficient (Wildman–Crippen LogP) is 1.91. The van der Waals surface area contributed by atoms with Crippen LogP contribution in [0.1, 0.15) is 29.5 Å². The molecule has 4 nitrogen and oxygen atoms in total. The van der Waals surface area contributed by atoms with Crippen LogP contribution in [0, 0.1) is 13.8 Å². The molecule has 0 aromatic heterocycles. The molecule has 2 fully saturated rings. The minimum Gasteiger partial charge on any atom is -0.296 e. The Bertz CT molecular complexity index is 615. The Balaban J connectivity index is 1.60. The van der Waals surface area contributed by atoms with E-state index in [0.29, 0.717) is 13.1 Å². The zero-order valence-corrected chi connectivity index (χ0v) is 13.7. The molecular weight excluding hydrogens is 284 g/mol. The quantitative estimate of drug-likeness (QED) is 0.853. The lowest BCUT2D eigenvalue weighted by Crippen LogP contribution is -2.49. The highest BCUT2D eigenvalue weighted by Crippen LogP contribution is 2.31. The molecule has 1 heterocycles. The summed E-state index contributed by atoms with van der Waals surface area (Å²) < 4.78 is 26.1. The lowest BCUT2D eigenvalue weighted by molar-refractivity contribution is 0.181. The van der Waals surface area contributed by atoms with Crippen LogP contribution in [0.2, 0.25) is 0 Å². The van der Waals surface area contributed by atoms with Gasteiger partial charge in [0.1, 0.15) is 0 Å². The molecule has 5 heteroatoms. The molecular formula is C16H24N2O2S. The van der Waals surface area contributed by atoms with Gasteiger partial charge in [-0.2, -0.15) is 4.31 Å².